The Morgan fingerprint density at radius 3 is 0.864 bits per heavy atom. The number of esters is 3. The van der Waals surface area contributed by atoms with E-state index in [1.807, 2.05) is 0 Å². The van der Waals surface area contributed by atoms with Crippen LogP contribution in [-0.4, -0.2) is 37.2 Å². The molecule has 392 valence electrons. The third-order valence-corrected chi connectivity index (χ3v) is 14.1. The van der Waals surface area contributed by atoms with Gasteiger partial charge in [-0.2, -0.15) is 0 Å². The minimum absolute atomic E-state index is 0.0625. The van der Waals surface area contributed by atoms with Gasteiger partial charge in [-0.1, -0.05) is 298 Å². The molecule has 6 nitrogen and oxygen atoms in total. The van der Waals surface area contributed by atoms with E-state index in [1.54, 1.807) is 0 Å². The Kier molecular flexibility index (Phi) is 51.5. The van der Waals surface area contributed by atoms with Gasteiger partial charge in [-0.25, -0.2) is 0 Å². The number of carbonyl (C=O) groups is 3. The number of ether oxygens (including phenoxy) is 3. The topological polar surface area (TPSA) is 78.9 Å². The highest BCUT2D eigenvalue weighted by atomic mass is 16.6. The highest BCUT2D eigenvalue weighted by Gasteiger charge is 2.19. The van der Waals surface area contributed by atoms with Gasteiger partial charge in [0.2, 0.25) is 0 Å². The van der Waals surface area contributed by atoms with E-state index in [0.29, 0.717) is 19.3 Å². The highest BCUT2D eigenvalue weighted by molar-refractivity contribution is 5.71. The van der Waals surface area contributed by atoms with E-state index in [1.165, 1.54) is 225 Å². The molecule has 0 bridgehead atoms. The Labute approximate surface area is 412 Å². The maximum absolute atomic E-state index is 12.8. The molecule has 2 atom stereocenters. The quantitative estimate of drug-likeness (QED) is 0.0343. The van der Waals surface area contributed by atoms with Gasteiger partial charge in [0.05, 0.1) is 0 Å². The van der Waals surface area contributed by atoms with Crippen LogP contribution in [-0.2, 0) is 28.6 Å². The van der Waals surface area contributed by atoms with Crippen LogP contribution < -0.4 is 0 Å². The van der Waals surface area contributed by atoms with E-state index in [0.717, 1.165) is 69.6 Å². The number of unbranched alkanes of at least 4 members (excludes halogenated alkanes) is 38. The molecular formula is C60H116O6. The summed E-state index contributed by atoms with van der Waals surface area (Å²) in [6.07, 6.45) is 56.6. The van der Waals surface area contributed by atoms with Crippen molar-refractivity contribution in [2.75, 3.05) is 13.2 Å². The van der Waals surface area contributed by atoms with Crippen LogP contribution in [0.4, 0.5) is 0 Å². The molecule has 0 saturated heterocycles. The van der Waals surface area contributed by atoms with Crippen LogP contribution in [0.5, 0.6) is 0 Å². The van der Waals surface area contributed by atoms with Crippen molar-refractivity contribution in [3.8, 4) is 0 Å². The maximum atomic E-state index is 12.8. The van der Waals surface area contributed by atoms with Crippen molar-refractivity contribution >= 4 is 17.9 Å². The van der Waals surface area contributed by atoms with Crippen LogP contribution in [0, 0.1) is 11.8 Å². The summed E-state index contributed by atoms with van der Waals surface area (Å²) in [6.45, 7) is 11.5. The van der Waals surface area contributed by atoms with Crippen LogP contribution in [0.25, 0.3) is 0 Å². The molecule has 1 unspecified atom stereocenters. The fourth-order valence-corrected chi connectivity index (χ4v) is 9.20. The first-order chi connectivity index (χ1) is 32.3. The molecule has 0 amide bonds. The summed E-state index contributed by atoms with van der Waals surface area (Å²) in [7, 11) is 0. The average Bonchev–Trinajstić information content (AvgIpc) is 3.30. The van der Waals surface area contributed by atoms with E-state index in [2.05, 4.69) is 34.6 Å². The van der Waals surface area contributed by atoms with Gasteiger partial charge in [0.25, 0.3) is 0 Å². The lowest BCUT2D eigenvalue weighted by molar-refractivity contribution is -0.167. The van der Waals surface area contributed by atoms with Crippen molar-refractivity contribution in [2.24, 2.45) is 11.8 Å². The van der Waals surface area contributed by atoms with E-state index < -0.39 is 6.10 Å². The van der Waals surface area contributed by atoms with Crippen molar-refractivity contribution in [3.05, 3.63) is 0 Å². The normalized spacial score (nSPS) is 12.5. The average molecular weight is 934 g/mol. The molecular weight excluding hydrogens is 817 g/mol. The third kappa shape index (κ3) is 51.8. The maximum Gasteiger partial charge on any atom is 0.306 e. The lowest BCUT2D eigenvalue weighted by Crippen LogP contribution is -2.30. The molecule has 0 radical (unpaired) electrons. The van der Waals surface area contributed by atoms with Gasteiger partial charge in [0, 0.05) is 19.3 Å². The van der Waals surface area contributed by atoms with Crippen molar-refractivity contribution in [1.82, 2.24) is 0 Å². The molecule has 66 heavy (non-hydrogen) atoms. The second-order valence-corrected chi connectivity index (χ2v) is 21.4. The van der Waals surface area contributed by atoms with Gasteiger partial charge >= 0.3 is 17.9 Å². The molecule has 6 heteroatoms. The Balaban J connectivity index is 4.24. The number of carbonyl (C=O) groups excluding carboxylic acids is 3. The zero-order chi connectivity index (χ0) is 48.2. The first-order valence-electron chi connectivity index (χ1n) is 29.8. The predicted molar refractivity (Wildman–Crippen MR) is 284 cm³/mol. The molecule has 0 aromatic heterocycles. The van der Waals surface area contributed by atoms with Gasteiger partial charge in [-0.3, -0.25) is 14.4 Å². The predicted octanol–water partition coefficient (Wildman–Crippen LogP) is 19.7. The number of hydrogen-bond donors (Lipinski definition) is 0. The highest BCUT2D eigenvalue weighted by Crippen LogP contribution is 2.19. The van der Waals surface area contributed by atoms with Crippen LogP contribution >= 0.6 is 0 Å². The van der Waals surface area contributed by atoms with Crippen molar-refractivity contribution < 1.29 is 28.6 Å². The largest absolute Gasteiger partial charge is 0.462 e. The Bertz CT molecular complexity index is 1010. The molecule has 0 rings (SSSR count). The van der Waals surface area contributed by atoms with Gasteiger partial charge in [0.1, 0.15) is 13.2 Å². The smallest absolute Gasteiger partial charge is 0.306 e. The molecule has 0 heterocycles. The summed E-state index contributed by atoms with van der Waals surface area (Å²) in [4.78, 5) is 38.1. The second kappa shape index (κ2) is 52.8. The summed E-state index contributed by atoms with van der Waals surface area (Å²) in [5, 5.41) is 0. The zero-order valence-corrected chi connectivity index (χ0v) is 45.3. The minimum atomic E-state index is -0.762. The van der Waals surface area contributed by atoms with Gasteiger partial charge in [-0.15, -0.1) is 0 Å². The fraction of sp³-hybridized carbons (Fsp3) is 0.950. The van der Waals surface area contributed by atoms with Crippen LogP contribution in [0.3, 0.4) is 0 Å². The molecule has 0 aromatic carbocycles. The number of rotatable bonds is 54. The SMILES string of the molecule is CCCCCCCCCCCCCCCC(=O)O[C@H](COC(=O)CCCCCCCCCCCCCCCCCCCCC(C)C)COC(=O)CCCCCCCCCCCCC(C)CC. The van der Waals surface area contributed by atoms with Crippen molar-refractivity contribution in [3.63, 3.8) is 0 Å². The first kappa shape index (κ1) is 64.4. The van der Waals surface area contributed by atoms with Crippen LogP contribution in [0.15, 0.2) is 0 Å². The van der Waals surface area contributed by atoms with Gasteiger partial charge in [-0.05, 0) is 31.1 Å². The molecule has 0 aromatic rings. The molecule has 0 N–H and O–H groups in total. The lowest BCUT2D eigenvalue weighted by Gasteiger charge is -2.18. The van der Waals surface area contributed by atoms with Crippen LogP contribution in [0.2, 0.25) is 0 Å². The van der Waals surface area contributed by atoms with E-state index >= 15 is 0 Å². The number of hydrogen-bond acceptors (Lipinski definition) is 6. The van der Waals surface area contributed by atoms with Crippen molar-refractivity contribution in [2.45, 2.75) is 343 Å². The van der Waals surface area contributed by atoms with Crippen molar-refractivity contribution in [1.29, 1.82) is 0 Å². The molecule has 0 aliphatic carbocycles. The van der Waals surface area contributed by atoms with E-state index in [4.69, 9.17) is 14.2 Å². The monoisotopic (exact) mass is 933 g/mol. The Morgan fingerprint density at radius 2 is 0.576 bits per heavy atom. The summed E-state index contributed by atoms with van der Waals surface area (Å²) in [6, 6.07) is 0. The van der Waals surface area contributed by atoms with Gasteiger partial charge in [0.15, 0.2) is 6.10 Å². The fourth-order valence-electron chi connectivity index (χ4n) is 9.20. The summed E-state index contributed by atoms with van der Waals surface area (Å²) in [5.41, 5.74) is 0. The zero-order valence-electron chi connectivity index (χ0n) is 45.3. The molecule has 0 spiro atoms. The Morgan fingerprint density at radius 1 is 0.318 bits per heavy atom. The standard InChI is InChI=1S/C60H116O6/c1-6-8-9-10-11-12-13-20-25-32-37-42-47-52-60(63)66-57(54-65-59(62)51-46-41-36-31-27-26-29-34-39-44-49-56(5)7-2)53-64-58(61)50-45-40-35-30-24-22-19-17-15-14-16-18-21-23-28-33-38-43-48-55(3)4/h55-57H,6-54H2,1-5H3/t56?,57-/m1/s1. The summed E-state index contributed by atoms with van der Waals surface area (Å²) >= 11 is 0. The van der Waals surface area contributed by atoms with Crippen LogP contribution in [0.1, 0.15) is 336 Å². The van der Waals surface area contributed by atoms with E-state index in [9.17, 15) is 14.4 Å². The second-order valence-electron chi connectivity index (χ2n) is 21.4. The molecule has 0 aliphatic rings. The molecule has 0 fully saturated rings. The third-order valence-electron chi connectivity index (χ3n) is 14.1. The first-order valence-corrected chi connectivity index (χ1v) is 29.8. The van der Waals surface area contributed by atoms with E-state index in [-0.39, 0.29) is 31.1 Å². The summed E-state index contributed by atoms with van der Waals surface area (Å²) in [5.74, 6) is 0.891. The lowest BCUT2D eigenvalue weighted by atomic mass is 9.99. The minimum Gasteiger partial charge on any atom is -0.462 e. The molecule has 0 saturated carbocycles. The summed E-state index contributed by atoms with van der Waals surface area (Å²) < 4.78 is 16.9. The Hall–Kier alpha value is -1.59. The molecule has 0 aliphatic heterocycles. The van der Waals surface area contributed by atoms with Gasteiger partial charge < -0.3 is 14.2 Å².